The van der Waals surface area contributed by atoms with Gasteiger partial charge in [-0.1, -0.05) is 81.9 Å². The van der Waals surface area contributed by atoms with E-state index >= 15 is 0 Å². The van der Waals surface area contributed by atoms with Crippen molar-refractivity contribution < 1.29 is 31.5 Å². The molecular weight excluding hydrogens is 737 g/mol. The Bertz CT molecular complexity index is 1760. The van der Waals surface area contributed by atoms with Gasteiger partial charge in [-0.3, -0.25) is 25.0 Å². The predicted octanol–water partition coefficient (Wildman–Crippen LogP) is 6.31. The number of nitro groups is 2. The van der Waals surface area contributed by atoms with Gasteiger partial charge in [-0.2, -0.15) is 8.61 Å². The molecule has 2 N–H and O–H groups in total. The molecule has 2 aromatic carbocycles. The maximum absolute atomic E-state index is 13.9. The van der Waals surface area contributed by atoms with Crippen molar-refractivity contribution in [1.82, 2.24) is 19.2 Å². The predicted molar refractivity (Wildman–Crippen MR) is 208 cm³/mol. The summed E-state index contributed by atoms with van der Waals surface area (Å²) in [4.78, 5) is 34.2. The number of nitrogens with one attached hydrogen (secondary N) is 2. The van der Waals surface area contributed by atoms with Gasteiger partial charge in [-0.05, 0) is 63.6 Å². The fourth-order valence-corrected chi connectivity index (χ4v) is 9.74. The highest BCUT2D eigenvalue weighted by molar-refractivity contribution is 7.89. The van der Waals surface area contributed by atoms with Crippen molar-refractivity contribution in [3.05, 3.63) is 80.9 Å². The Hall–Kier alpha value is -3.77. The van der Waals surface area contributed by atoms with Gasteiger partial charge in [0.1, 0.15) is 0 Å². The number of sulfonamides is 2. The Morgan fingerprint density at radius 1 is 0.704 bits per heavy atom. The van der Waals surface area contributed by atoms with Crippen molar-refractivity contribution in [3.63, 3.8) is 0 Å². The first kappa shape index (κ1) is 44.6. The molecule has 1 atom stereocenters. The van der Waals surface area contributed by atoms with Gasteiger partial charge in [0, 0.05) is 57.3 Å². The molecule has 54 heavy (non-hydrogen) atoms. The molecule has 1 heterocycles. The zero-order chi connectivity index (χ0) is 39.4. The molecule has 0 bridgehead atoms. The van der Waals surface area contributed by atoms with Crippen LogP contribution in [0, 0.1) is 20.2 Å². The summed E-state index contributed by atoms with van der Waals surface area (Å²) in [6, 6.07) is 10.1. The van der Waals surface area contributed by atoms with Crippen LogP contribution in [0.4, 0.5) is 11.4 Å². The van der Waals surface area contributed by atoms with E-state index < -0.39 is 51.1 Å². The van der Waals surface area contributed by atoms with Crippen LogP contribution < -0.4 is 10.6 Å². The van der Waals surface area contributed by atoms with Crippen molar-refractivity contribution in [2.75, 3.05) is 39.3 Å². The fourth-order valence-electron chi connectivity index (χ4n) is 6.39. The summed E-state index contributed by atoms with van der Waals surface area (Å²) < 4.78 is 57.7. The summed E-state index contributed by atoms with van der Waals surface area (Å²) in [6.07, 6.45) is 14.7. The number of allylic oxidation sites excluding steroid dienone is 1. The number of hydrogen-bond donors (Lipinski definition) is 2. The molecule has 1 fully saturated rings. The van der Waals surface area contributed by atoms with Crippen molar-refractivity contribution >= 4 is 37.3 Å². The van der Waals surface area contributed by atoms with E-state index in [1.54, 1.807) is 0 Å². The van der Waals surface area contributed by atoms with Crippen molar-refractivity contribution in [3.8, 4) is 0 Å². The van der Waals surface area contributed by atoms with E-state index in [0.717, 1.165) is 25.0 Å². The lowest BCUT2D eigenvalue weighted by Crippen LogP contribution is -2.39. The molecule has 0 aromatic heterocycles. The third kappa shape index (κ3) is 14.1. The van der Waals surface area contributed by atoms with Gasteiger partial charge in [0.15, 0.2) is 9.79 Å². The molecule has 2 aromatic rings. The van der Waals surface area contributed by atoms with Gasteiger partial charge in [0.05, 0.1) is 9.85 Å². The number of hydrogen-bond acceptors (Lipinski definition) is 10. The highest BCUT2D eigenvalue weighted by atomic mass is 32.2. The van der Waals surface area contributed by atoms with Crippen molar-refractivity contribution in [2.24, 2.45) is 0 Å². The van der Waals surface area contributed by atoms with Crippen LogP contribution in [0.2, 0.25) is 0 Å². The minimum Gasteiger partial charge on any atom is -0.356 e. The van der Waals surface area contributed by atoms with E-state index in [-0.39, 0.29) is 57.5 Å². The minimum absolute atomic E-state index is 0.00426. The van der Waals surface area contributed by atoms with Crippen LogP contribution in [0.3, 0.4) is 0 Å². The normalized spacial score (nSPS) is 18.5. The number of unbranched alkanes of at least 4 members (excludes halogenated alkanes) is 6. The van der Waals surface area contributed by atoms with Crippen LogP contribution in [0.1, 0.15) is 96.8 Å². The molecule has 0 saturated carbocycles. The summed E-state index contributed by atoms with van der Waals surface area (Å²) >= 11 is 0. The van der Waals surface area contributed by atoms with E-state index in [1.165, 1.54) is 77.1 Å². The Morgan fingerprint density at radius 2 is 1.20 bits per heavy atom. The lowest BCUT2D eigenvalue weighted by molar-refractivity contribution is -0.388. The molecule has 15 nitrogen and oxygen atoms in total. The Balaban J connectivity index is 1.82. The van der Waals surface area contributed by atoms with Gasteiger partial charge in [-0.25, -0.2) is 16.8 Å². The van der Waals surface area contributed by atoms with Gasteiger partial charge in [-0.15, -0.1) is 0 Å². The quantitative estimate of drug-likeness (QED) is 0.0891. The van der Waals surface area contributed by atoms with E-state index in [2.05, 4.69) is 29.7 Å². The van der Waals surface area contributed by atoms with Crippen molar-refractivity contribution in [2.45, 2.75) is 113 Å². The SMILES string of the molecule is CCCCCCCC/C=C\CC1CC(=O)NCCCN(S(=O)(=O)c2ccccc2[N+](=O)[O-])CCCCCN(S(=O)(=O)c2ccccc2[N+](=O)[O-])CCCN1. The number of carbonyl (C=O) groups excluding carboxylic acids is 1. The van der Waals surface area contributed by atoms with E-state index in [4.69, 9.17) is 0 Å². The van der Waals surface area contributed by atoms with Crippen LogP contribution in [0.25, 0.3) is 0 Å². The molecule has 0 radical (unpaired) electrons. The highest BCUT2D eigenvalue weighted by Crippen LogP contribution is 2.28. The highest BCUT2D eigenvalue weighted by Gasteiger charge is 2.32. The average molecular weight is 793 g/mol. The zero-order valence-electron chi connectivity index (χ0n) is 31.3. The van der Waals surface area contributed by atoms with Gasteiger partial charge >= 0.3 is 0 Å². The number of benzene rings is 2. The number of nitro benzene ring substituents is 2. The van der Waals surface area contributed by atoms with Crippen molar-refractivity contribution in [1.29, 1.82) is 0 Å². The number of carbonyl (C=O) groups is 1. The maximum Gasteiger partial charge on any atom is 0.289 e. The molecule has 0 aliphatic carbocycles. The lowest BCUT2D eigenvalue weighted by atomic mass is 10.1. The van der Waals surface area contributed by atoms with E-state index in [0.29, 0.717) is 38.6 Å². The third-order valence-corrected chi connectivity index (χ3v) is 13.2. The Morgan fingerprint density at radius 3 is 1.76 bits per heavy atom. The number of rotatable bonds is 15. The topological polar surface area (TPSA) is 202 Å². The molecule has 3 rings (SSSR count). The summed E-state index contributed by atoms with van der Waals surface area (Å²) in [7, 11) is -8.59. The number of amides is 1. The Kier molecular flexibility index (Phi) is 19.2. The molecule has 1 saturated heterocycles. The number of para-hydroxylation sites is 2. The third-order valence-electron chi connectivity index (χ3n) is 9.34. The summed E-state index contributed by atoms with van der Waals surface area (Å²) in [5, 5.41) is 29.7. The lowest BCUT2D eigenvalue weighted by Gasteiger charge is -2.25. The van der Waals surface area contributed by atoms with Gasteiger partial charge < -0.3 is 10.6 Å². The number of nitrogens with zero attached hydrogens (tertiary/aromatic N) is 4. The second-order valence-corrected chi connectivity index (χ2v) is 17.3. The summed E-state index contributed by atoms with van der Waals surface area (Å²) in [6.45, 7) is 2.91. The first-order valence-corrected chi connectivity index (χ1v) is 21.9. The van der Waals surface area contributed by atoms with E-state index in [9.17, 15) is 41.9 Å². The zero-order valence-corrected chi connectivity index (χ0v) is 32.9. The smallest absolute Gasteiger partial charge is 0.289 e. The molecule has 1 aliphatic rings. The van der Waals surface area contributed by atoms with Crippen LogP contribution in [-0.2, 0) is 24.8 Å². The molecule has 300 valence electrons. The monoisotopic (exact) mass is 792 g/mol. The first-order valence-electron chi connectivity index (χ1n) is 19.0. The molecule has 17 heteroatoms. The molecular formula is C37H56N6O9S2. The van der Waals surface area contributed by atoms with Crippen LogP contribution in [0.5, 0.6) is 0 Å². The van der Waals surface area contributed by atoms with Crippen LogP contribution >= 0.6 is 0 Å². The average Bonchev–Trinajstić information content (AvgIpc) is 3.14. The van der Waals surface area contributed by atoms with E-state index in [1.807, 2.05) is 0 Å². The molecule has 1 unspecified atom stereocenters. The molecule has 0 spiro atoms. The second kappa shape index (κ2) is 23.2. The maximum atomic E-state index is 13.9. The standard InChI is InChI=1S/C37H56N6O9S2/c1-2-3-4-5-6-7-8-9-11-20-32-31-37(44)39-26-19-30-41(54(51,52)36-24-15-13-22-34(36)43(47)48)28-17-10-16-27-40(29-18-25-38-32)53(49,50)35-23-14-12-21-33(35)42(45)46/h9,11-15,21-24,32,38H,2-8,10,16-20,25-31H2,1H3,(H,39,44)/b11-9-. The molecule has 1 amide bonds. The van der Waals surface area contributed by atoms with Gasteiger partial charge in [0.25, 0.3) is 11.4 Å². The largest absolute Gasteiger partial charge is 0.356 e. The molecule has 1 aliphatic heterocycles. The van der Waals surface area contributed by atoms with Crippen LogP contribution in [0.15, 0.2) is 70.5 Å². The minimum atomic E-state index is -4.30. The van der Waals surface area contributed by atoms with Crippen LogP contribution in [-0.4, -0.2) is 86.5 Å². The fraction of sp³-hybridized carbons (Fsp3) is 0.595. The second-order valence-electron chi connectivity index (χ2n) is 13.5. The summed E-state index contributed by atoms with van der Waals surface area (Å²) in [5.74, 6) is -0.230. The Labute approximate surface area is 320 Å². The first-order chi connectivity index (χ1) is 25.9. The van der Waals surface area contributed by atoms with Gasteiger partial charge in [0.2, 0.25) is 26.0 Å². The summed E-state index contributed by atoms with van der Waals surface area (Å²) in [5.41, 5.74) is -1.06.